The smallest absolute Gasteiger partial charge is 0.160 e. The third kappa shape index (κ3) is 1.89. The normalized spacial score (nSPS) is 45.7. The van der Waals surface area contributed by atoms with Crippen molar-refractivity contribution < 1.29 is 9.47 Å². The zero-order chi connectivity index (χ0) is 9.26. The third-order valence-electron chi connectivity index (χ3n) is 3.52. The van der Waals surface area contributed by atoms with Crippen LogP contribution in [0.5, 0.6) is 0 Å². The summed E-state index contributed by atoms with van der Waals surface area (Å²) in [7, 11) is 1.75. The Morgan fingerprint density at radius 3 is 2.77 bits per heavy atom. The zero-order valence-electron chi connectivity index (χ0n) is 8.66. The molecule has 2 fully saturated rings. The Balaban J connectivity index is 1.97. The third-order valence-corrected chi connectivity index (χ3v) is 3.52. The van der Waals surface area contributed by atoms with E-state index in [0.717, 1.165) is 5.92 Å². The molecule has 4 unspecified atom stereocenters. The van der Waals surface area contributed by atoms with Gasteiger partial charge in [0.05, 0.1) is 6.10 Å². The van der Waals surface area contributed by atoms with E-state index in [2.05, 4.69) is 6.92 Å². The van der Waals surface area contributed by atoms with Gasteiger partial charge in [0.1, 0.15) is 0 Å². The first-order valence-electron chi connectivity index (χ1n) is 5.49. The molecule has 1 saturated heterocycles. The minimum Gasteiger partial charge on any atom is -0.356 e. The van der Waals surface area contributed by atoms with Crippen LogP contribution in [0.3, 0.4) is 0 Å². The standard InChI is InChI=1S/C11H20O2/c1-8-7-9-5-3-4-6-10(9)13-11(8)12-2/h8-11H,3-7H2,1-2H3. The highest BCUT2D eigenvalue weighted by Gasteiger charge is 2.36. The summed E-state index contributed by atoms with van der Waals surface area (Å²) in [4.78, 5) is 0. The van der Waals surface area contributed by atoms with E-state index < -0.39 is 0 Å². The highest BCUT2D eigenvalue weighted by Crippen LogP contribution is 2.38. The summed E-state index contributed by atoms with van der Waals surface area (Å²) in [6.07, 6.45) is 7.20. The van der Waals surface area contributed by atoms with Crippen molar-refractivity contribution in [1.82, 2.24) is 0 Å². The van der Waals surface area contributed by atoms with Crippen LogP contribution in [0.2, 0.25) is 0 Å². The highest BCUT2D eigenvalue weighted by molar-refractivity contribution is 4.82. The second-order valence-corrected chi connectivity index (χ2v) is 4.54. The van der Waals surface area contributed by atoms with Crippen LogP contribution in [0.15, 0.2) is 0 Å². The fourth-order valence-corrected chi connectivity index (χ4v) is 2.81. The minimum atomic E-state index is 0.0550. The van der Waals surface area contributed by atoms with Gasteiger partial charge in [-0.25, -0.2) is 0 Å². The molecule has 0 spiro atoms. The van der Waals surface area contributed by atoms with Gasteiger partial charge in [-0.15, -0.1) is 0 Å². The maximum absolute atomic E-state index is 5.93. The molecule has 76 valence electrons. The first-order chi connectivity index (χ1) is 6.31. The first-order valence-corrected chi connectivity index (χ1v) is 5.49. The molecule has 0 N–H and O–H groups in total. The molecule has 2 heteroatoms. The van der Waals surface area contributed by atoms with Gasteiger partial charge >= 0.3 is 0 Å². The molecule has 1 heterocycles. The highest BCUT2D eigenvalue weighted by atomic mass is 16.7. The second-order valence-electron chi connectivity index (χ2n) is 4.54. The van der Waals surface area contributed by atoms with Gasteiger partial charge in [-0.05, 0) is 25.2 Å². The van der Waals surface area contributed by atoms with E-state index >= 15 is 0 Å². The lowest BCUT2D eigenvalue weighted by Crippen LogP contribution is -2.42. The van der Waals surface area contributed by atoms with Gasteiger partial charge < -0.3 is 9.47 Å². The lowest BCUT2D eigenvalue weighted by molar-refractivity contribution is -0.229. The summed E-state index contributed by atoms with van der Waals surface area (Å²) in [5.41, 5.74) is 0. The average molecular weight is 184 g/mol. The lowest BCUT2D eigenvalue weighted by Gasteiger charge is -2.42. The number of rotatable bonds is 1. The van der Waals surface area contributed by atoms with E-state index in [0.29, 0.717) is 12.0 Å². The van der Waals surface area contributed by atoms with Gasteiger partial charge in [-0.1, -0.05) is 19.8 Å². The summed E-state index contributed by atoms with van der Waals surface area (Å²) < 4.78 is 11.3. The molecule has 2 aliphatic rings. The van der Waals surface area contributed by atoms with Gasteiger partial charge in [-0.2, -0.15) is 0 Å². The molecule has 13 heavy (non-hydrogen) atoms. The van der Waals surface area contributed by atoms with Crippen molar-refractivity contribution in [1.29, 1.82) is 0 Å². The Kier molecular flexibility index (Phi) is 2.89. The summed E-state index contributed by atoms with van der Waals surface area (Å²) in [6, 6.07) is 0. The van der Waals surface area contributed by atoms with Crippen LogP contribution in [0, 0.1) is 11.8 Å². The van der Waals surface area contributed by atoms with E-state index in [9.17, 15) is 0 Å². The number of fused-ring (bicyclic) bond motifs is 1. The summed E-state index contributed by atoms with van der Waals surface area (Å²) in [5, 5.41) is 0. The van der Waals surface area contributed by atoms with Gasteiger partial charge in [0.25, 0.3) is 0 Å². The second kappa shape index (κ2) is 3.97. The SMILES string of the molecule is COC1OC2CCCCC2CC1C. The molecular formula is C11H20O2. The quantitative estimate of drug-likeness (QED) is 0.623. The molecule has 1 aliphatic heterocycles. The average Bonchev–Trinajstić information content (AvgIpc) is 2.17. The largest absolute Gasteiger partial charge is 0.356 e. The molecule has 0 bridgehead atoms. The lowest BCUT2D eigenvalue weighted by atomic mass is 9.79. The Morgan fingerprint density at radius 1 is 1.23 bits per heavy atom. The van der Waals surface area contributed by atoms with E-state index in [1.165, 1.54) is 32.1 Å². The van der Waals surface area contributed by atoms with Crippen molar-refractivity contribution in [2.24, 2.45) is 11.8 Å². The van der Waals surface area contributed by atoms with E-state index in [4.69, 9.17) is 9.47 Å². The van der Waals surface area contributed by atoms with Crippen molar-refractivity contribution in [3.8, 4) is 0 Å². The van der Waals surface area contributed by atoms with Gasteiger partial charge in [0, 0.05) is 13.0 Å². The molecule has 0 aromatic rings. The van der Waals surface area contributed by atoms with Crippen molar-refractivity contribution in [3.63, 3.8) is 0 Å². The Morgan fingerprint density at radius 2 is 2.00 bits per heavy atom. The van der Waals surface area contributed by atoms with Crippen LogP contribution in [-0.2, 0) is 9.47 Å². The fraction of sp³-hybridized carbons (Fsp3) is 1.00. The van der Waals surface area contributed by atoms with Crippen molar-refractivity contribution in [3.05, 3.63) is 0 Å². The predicted molar refractivity (Wildman–Crippen MR) is 51.4 cm³/mol. The zero-order valence-corrected chi connectivity index (χ0v) is 8.66. The molecule has 0 radical (unpaired) electrons. The number of methoxy groups -OCH3 is 1. The predicted octanol–water partition coefficient (Wildman–Crippen LogP) is 2.57. The molecule has 2 nitrogen and oxygen atoms in total. The monoisotopic (exact) mass is 184 g/mol. The topological polar surface area (TPSA) is 18.5 Å². The molecule has 2 rings (SSSR count). The van der Waals surface area contributed by atoms with Crippen LogP contribution in [0.4, 0.5) is 0 Å². The minimum absolute atomic E-state index is 0.0550. The molecule has 4 atom stereocenters. The van der Waals surface area contributed by atoms with Crippen LogP contribution in [-0.4, -0.2) is 19.5 Å². The van der Waals surface area contributed by atoms with Crippen molar-refractivity contribution >= 4 is 0 Å². The van der Waals surface area contributed by atoms with Crippen molar-refractivity contribution in [2.75, 3.05) is 7.11 Å². The summed E-state index contributed by atoms with van der Waals surface area (Å²) >= 11 is 0. The van der Waals surface area contributed by atoms with E-state index in [1.807, 2.05) is 0 Å². The number of hydrogen-bond donors (Lipinski definition) is 0. The van der Waals surface area contributed by atoms with Crippen LogP contribution in [0.1, 0.15) is 39.0 Å². The maximum atomic E-state index is 5.93. The van der Waals surface area contributed by atoms with E-state index in [1.54, 1.807) is 7.11 Å². The molecule has 0 aromatic heterocycles. The molecule has 1 saturated carbocycles. The van der Waals surface area contributed by atoms with E-state index in [-0.39, 0.29) is 6.29 Å². The first kappa shape index (κ1) is 9.47. The van der Waals surface area contributed by atoms with Crippen molar-refractivity contribution in [2.45, 2.75) is 51.4 Å². The molecular weight excluding hydrogens is 164 g/mol. The maximum Gasteiger partial charge on any atom is 0.160 e. The Hall–Kier alpha value is -0.0800. The van der Waals surface area contributed by atoms with Gasteiger partial charge in [0.2, 0.25) is 0 Å². The van der Waals surface area contributed by atoms with Crippen LogP contribution >= 0.6 is 0 Å². The molecule has 1 aliphatic carbocycles. The summed E-state index contributed by atoms with van der Waals surface area (Å²) in [5.74, 6) is 1.39. The van der Waals surface area contributed by atoms with Gasteiger partial charge in [0.15, 0.2) is 6.29 Å². The summed E-state index contributed by atoms with van der Waals surface area (Å²) in [6.45, 7) is 2.24. The number of hydrogen-bond acceptors (Lipinski definition) is 2. The Bertz CT molecular complexity index is 169. The van der Waals surface area contributed by atoms with Crippen LogP contribution < -0.4 is 0 Å². The molecule has 0 aromatic carbocycles. The van der Waals surface area contributed by atoms with Gasteiger partial charge in [-0.3, -0.25) is 0 Å². The number of ether oxygens (including phenoxy) is 2. The molecule has 0 amide bonds. The Labute approximate surface area is 80.6 Å². The fourth-order valence-electron chi connectivity index (χ4n) is 2.81. The van der Waals surface area contributed by atoms with Crippen LogP contribution in [0.25, 0.3) is 0 Å².